The zero-order valence-electron chi connectivity index (χ0n) is 19.4. The molecule has 0 bridgehead atoms. The number of methoxy groups -OCH3 is 1. The minimum Gasteiger partial charge on any atom is -0.497 e. The van der Waals surface area contributed by atoms with Gasteiger partial charge in [-0.15, -0.1) is 0 Å². The number of hydrogen-bond donors (Lipinski definition) is 3. The lowest BCUT2D eigenvalue weighted by molar-refractivity contribution is -0.116. The quantitative estimate of drug-likeness (QED) is 0.430. The predicted octanol–water partition coefficient (Wildman–Crippen LogP) is 3.73. The number of anilines is 1. The average molecular weight is 460 g/mol. The van der Waals surface area contributed by atoms with Gasteiger partial charge < -0.3 is 20.7 Å². The van der Waals surface area contributed by atoms with E-state index in [1.54, 1.807) is 43.5 Å². The van der Waals surface area contributed by atoms with Crippen molar-refractivity contribution in [1.29, 1.82) is 0 Å². The summed E-state index contributed by atoms with van der Waals surface area (Å²) in [6.45, 7) is 2.56. The fourth-order valence-electron chi connectivity index (χ4n) is 3.39. The van der Waals surface area contributed by atoms with E-state index in [1.165, 1.54) is 0 Å². The van der Waals surface area contributed by atoms with E-state index in [1.807, 2.05) is 43.3 Å². The lowest BCUT2D eigenvalue weighted by Gasteiger charge is -2.12. The third-order valence-corrected chi connectivity index (χ3v) is 5.22. The molecule has 3 amide bonds. The molecule has 3 rings (SSSR count). The summed E-state index contributed by atoms with van der Waals surface area (Å²) >= 11 is 0. The van der Waals surface area contributed by atoms with Gasteiger partial charge >= 0.3 is 0 Å². The van der Waals surface area contributed by atoms with Crippen LogP contribution in [0.1, 0.15) is 38.3 Å². The van der Waals surface area contributed by atoms with Gasteiger partial charge in [-0.25, -0.2) is 0 Å². The molecule has 7 nitrogen and oxygen atoms in total. The first-order valence-corrected chi connectivity index (χ1v) is 11.1. The summed E-state index contributed by atoms with van der Waals surface area (Å²) in [5, 5.41) is 8.41. The van der Waals surface area contributed by atoms with Gasteiger partial charge in [-0.1, -0.05) is 42.0 Å². The Morgan fingerprint density at radius 1 is 0.824 bits per heavy atom. The van der Waals surface area contributed by atoms with Crippen molar-refractivity contribution in [3.63, 3.8) is 0 Å². The highest BCUT2D eigenvalue weighted by Gasteiger charge is 2.13. The number of nitrogens with one attached hydrogen (secondary N) is 3. The second-order valence-electron chi connectivity index (χ2n) is 7.82. The predicted molar refractivity (Wildman–Crippen MR) is 132 cm³/mol. The molecule has 3 aromatic carbocycles. The van der Waals surface area contributed by atoms with E-state index >= 15 is 0 Å². The second-order valence-corrected chi connectivity index (χ2v) is 7.82. The molecule has 0 fully saturated rings. The minimum atomic E-state index is -0.289. The molecule has 0 saturated heterocycles. The third-order valence-electron chi connectivity index (χ3n) is 5.22. The molecule has 0 radical (unpaired) electrons. The summed E-state index contributed by atoms with van der Waals surface area (Å²) < 4.78 is 5.15. The fourth-order valence-corrected chi connectivity index (χ4v) is 3.39. The Balaban J connectivity index is 1.48. The topological polar surface area (TPSA) is 96.5 Å². The number of hydrogen-bond acceptors (Lipinski definition) is 4. The zero-order valence-corrected chi connectivity index (χ0v) is 19.4. The smallest absolute Gasteiger partial charge is 0.253 e. The molecule has 0 aromatic heterocycles. The lowest BCUT2D eigenvalue weighted by Crippen LogP contribution is -2.29. The molecule has 34 heavy (non-hydrogen) atoms. The Hall–Kier alpha value is -4.13. The van der Waals surface area contributed by atoms with Gasteiger partial charge in [0.05, 0.1) is 18.4 Å². The first-order chi connectivity index (χ1) is 16.5. The number of carbonyl (C=O) groups is 3. The molecule has 0 unspecified atom stereocenters. The van der Waals surface area contributed by atoms with Crippen LogP contribution in [0, 0.1) is 6.92 Å². The van der Waals surface area contributed by atoms with Crippen molar-refractivity contribution >= 4 is 23.4 Å². The second kappa shape index (κ2) is 12.2. The van der Waals surface area contributed by atoms with Crippen molar-refractivity contribution in [2.24, 2.45) is 0 Å². The molecule has 3 aromatic rings. The zero-order chi connectivity index (χ0) is 24.3. The Bertz CT molecular complexity index is 1140. The van der Waals surface area contributed by atoms with Gasteiger partial charge in [-0.2, -0.15) is 0 Å². The molecule has 0 saturated carbocycles. The SMILES string of the molecule is COc1ccc(CCNC(=O)c2ccccc2NC(=O)CCNC(=O)c2cccc(C)c2)cc1. The Morgan fingerprint density at radius 2 is 1.56 bits per heavy atom. The van der Waals surface area contributed by atoms with Crippen LogP contribution in [0.2, 0.25) is 0 Å². The van der Waals surface area contributed by atoms with Crippen LogP contribution in [-0.4, -0.2) is 37.9 Å². The molecule has 0 aliphatic carbocycles. The molecule has 0 heterocycles. The number of benzene rings is 3. The summed E-state index contributed by atoms with van der Waals surface area (Å²) in [5.41, 5.74) is 3.44. The molecule has 3 N–H and O–H groups in total. The van der Waals surface area contributed by atoms with Gasteiger partial charge in [0, 0.05) is 25.1 Å². The lowest BCUT2D eigenvalue weighted by atomic mass is 10.1. The third kappa shape index (κ3) is 7.20. The van der Waals surface area contributed by atoms with Crippen molar-refractivity contribution in [2.75, 3.05) is 25.5 Å². The van der Waals surface area contributed by atoms with Crippen LogP contribution in [0.25, 0.3) is 0 Å². The highest BCUT2D eigenvalue weighted by Crippen LogP contribution is 2.16. The molecular weight excluding hydrogens is 430 g/mol. The van der Waals surface area contributed by atoms with E-state index in [0.717, 1.165) is 16.9 Å². The van der Waals surface area contributed by atoms with Crippen LogP contribution >= 0.6 is 0 Å². The van der Waals surface area contributed by atoms with Crippen LogP contribution in [0.5, 0.6) is 5.75 Å². The van der Waals surface area contributed by atoms with E-state index in [4.69, 9.17) is 4.74 Å². The number of ether oxygens (including phenoxy) is 1. The van der Waals surface area contributed by atoms with Gasteiger partial charge in [-0.3, -0.25) is 14.4 Å². The molecule has 0 aliphatic rings. The molecule has 0 spiro atoms. The maximum atomic E-state index is 12.7. The van der Waals surface area contributed by atoms with Crippen molar-refractivity contribution in [3.8, 4) is 5.75 Å². The summed E-state index contributed by atoms with van der Waals surface area (Å²) in [7, 11) is 1.62. The van der Waals surface area contributed by atoms with Crippen molar-refractivity contribution in [1.82, 2.24) is 10.6 Å². The number of amides is 3. The van der Waals surface area contributed by atoms with Crippen LogP contribution in [-0.2, 0) is 11.2 Å². The highest BCUT2D eigenvalue weighted by atomic mass is 16.5. The number of rotatable bonds is 10. The fraction of sp³-hybridized carbons (Fsp3) is 0.222. The first-order valence-electron chi connectivity index (χ1n) is 11.1. The van der Waals surface area contributed by atoms with E-state index in [2.05, 4.69) is 16.0 Å². The summed E-state index contributed by atoms with van der Waals surface area (Å²) in [4.78, 5) is 37.3. The minimum absolute atomic E-state index is 0.0883. The molecule has 176 valence electrons. The van der Waals surface area contributed by atoms with Crippen LogP contribution in [0.15, 0.2) is 72.8 Å². The van der Waals surface area contributed by atoms with Crippen LogP contribution < -0.4 is 20.7 Å². The van der Waals surface area contributed by atoms with E-state index < -0.39 is 0 Å². The first kappa shape index (κ1) is 24.5. The highest BCUT2D eigenvalue weighted by molar-refractivity contribution is 6.04. The van der Waals surface area contributed by atoms with E-state index in [-0.39, 0.29) is 30.7 Å². The summed E-state index contributed by atoms with van der Waals surface area (Å²) in [5.74, 6) is 0.000471. The van der Waals surface area contributed by atoms with Gasteiger partial charge in [-0.05, 0) is 55.3 Å². The largest absolute Gasteiger partial charge is 0.497 e. The Labute approximate surface area is 199 Å². The van der Waals surface area contributed by atoms with Gasteiger partial charge in [0.15, 0.2) is 0 Å². The average Bonchev–Trinajstić information content (AvgIpc) is 2.84. The van der Waals surface area contributed by atoms with Gasteiger partial charge in [0.25, 0.3) is 11.8 Å². The van der Waals surface area contributed by atoms with E-state index in [9.17, 15) is 14.4 Å². The maximum absolute atomic E-state index is 12.7. The van der Waals surface area contributed by atoms with Crippen molar-refractivity contribution in [3.05, 3.63) is 95.1 Å². The number of aryl methyl sites for hydroxylation is 1. The molecule has 0 aliphatic heterocycles. The van der Waals surface area contributed by atoms with Crippen molar-refractivity contribution < 1.29 is 19.1 Å². The summed E-state index contributed by atoms with van der Waals surface area (Å²) in [6.07, 6.45) is 0.760. The summed E-state index contributed by atoms with van der Waals surface area (Å²) in [6, 6.07) is 21.8. The molecular formula is C27H29N3O4. The van der Waals surface area contributed by atoms with Crippen LogP contribution in [0.4, 0.5) is 5.69 Å². The van der Waals surface area contributed by atoms with Crippen LogP contribution in [0.3, 0.4) is 0 Å². The molecule has 7 heteroatoms. The maximum Gasteiger partial charge on any atom is 0.253 e. The Kier molecular flexibility index (Phi) is 8.80. The number of para-hydroxylation sites is 1. The monoisotopic (exact) mass is 459 g/mol. The molecule has 0 atom stereocenters. The Morgan fingerprint density at radius 3 is 2.29 bits per heavy atom. The number of carbonyl (C=O) groups excluding carboxylic acids is 3. The normalized spacial score (nSPS) is 10.3. The van der Waals surface area contributed by atoms with Crippen molar-refractivity contribution in [2.45, 2.75) is 19.8 Å². The standard InChI is InChI=1S/C27H29N3O4/c1-19-6-5-7-21(18-19)26(32)28-17-15-25(31)30-24-9-4-3-8-23(24)27(33)29-16-14-20-10-12-22(34-2)13-11-20/h3-13,18H,14-17H2,1-2H3,(H,28,32)(H,29,33)(H,30,31). The van der Waals surface area contributed by atoms with Gasteiger partial charge in [0.1, 0.15) is 5.75 Å². The van der Waals surface area contributed by atoms with Gasteiger partial charge in [0.2, 0.25) is 5.91 Å². The van der Waals surface area contributed by atoms with E-state index in [0.29, 0.717) is 29.8 Å².